The zero-order valence-electron chi connectivity index (χ0n) is 11.4. The Balaban J connectivity index is 2.42. The summed E-state index contributed by atoms with van der Waals surface area (Å²) < 4.78 is 16.7. The minimum absolute atomic E-state index is 0.680. The van der Waals surface area contributed by atoms with Crippen LogP contribution in [-0.2, 0) is 13.3 Å². The molecule has 0 heterocycles. The van der Waals surface area contributed by atoms with Crippen LogP contribution in [0.3, 0.4) is 0 Å². The highest BCUT2D eigenvalue weighted by molar-refractivity contribution is 6.60. The molecule has 1 aromatic rings. The largest absolute Gasteiger partial charge is 0.502 e. The molecule has 1 N–H and O–H groups in total. The molecule has 5 heteroatoms. The Hall–Kier alpha value is -0.883. The van der Waals surface area contributed by atoms with Crippen LogP contribution in [0.1, 0.15) is 13.3 Å². The van der Waals surface area contributed by atoms with E-state index in [9.17, 15) is 0 Å². The minimum atomic E-state index is -2.48. The smallest absolute Gasteiger partial charge is 0.385 e. The third-order valence-corrected chi connectivity index (χ3v) is 5.43. The molecule has 0 aliphatic rings. The molecular weight excluding hydrogens is 246 g/mol. The van der Waals surface area contributed by atoms with E-state index in [0.717, 1.165) is 24.7 Å². The highest BCUT2D eigenvalue weighted by Gasteiger charge is 2.38. The van der Waals surface area contributed by atoms with Crippen LogP contribution in [0.2, 0.25) is 6.04 Å². The van der Waals surface area contributed by atoms with Crippen molar-refractivity contribution in [1.82, 2.24) is 0 Å². The lowest BCUT2D eigenvalue weighted by Crippen LogP contribution is -2.45. The highest BCUT2D eigenvalue weighted by atomic mass is 28.4. The Morgan fingerprint density at radius 2 is 1.78 bits per heavy atom. The predicted molar refractivity (Wildman–Crippen MR) is 75.8 cm³/mol. The van der Waals surface area contributed by atoms with Crippen molar-refractivity contribution in [2.75, 3.05) is 32.7 Å². The molecule has 1 aromatic carbocycles. The summed E-state index contributed by atoms with van der Waals surface area (Å²) in [4.78, 5) is 0. The van der Waals surface area contributed by atoms with Crippen LogP contribution in [0.4, 0.5) is 5.69 Å². The lowest BCUT2D eigenvalue weighted by molar-refractivity contribution is 0.0993. The average molecular weight is 269 g/mol. The van der Waals surface area contributed by atoms with Crippen LogP contribution in [0.5, 0.6) is 0 Å². The highest BCUT2D eigenvalue weighted by Crippen LogP contribution is 2.15. The zero-order chi connectivity index (χ0) is 13.3. The molecule has 102 valence electrons. The van der Waals surface area contributed by atoms with Gasteiger partial charge in [0.25, 0.3) is 0 Å². The van der Waals surface area contributed by atoms with Crippen LogP contribution >= 0.6 is 0 Å². The quantitative estimate of drug-likeness (QED) is 0.700. The summed E-state index contributed by atoms with van der Waals surface area (Å²) >= 11 is 0. The molecule has 0 bridgehead atoms. The van der Waals surface area contributed by atoms with Gasteiger partial charge in [0.1, 0.15) is 0 Å². The molecule has 0 radical (unpaired) electrons. The second-order valence-electron chi connectivity index (χ2n) is 3.98. The lowest BCUT2D eigenvalue weighted by atomic mass is 10.3. The van der Waals surface area contributed by atoms with Gasteiger partial charge in [-0.25, -0.2) is 0 Å². The van der Waals surface area contributed by atoms with Gasteiger partial charge in [-0.05, 0) is 18.6 Å². The molecule has 0 saturated carbocycles. The van der Waals surface area contributed by atoms with Gasteiger partial charge >= 0.3 is 8.80 Å². The van der Waals surface area contributed by atoms with Crippen molar-refractivity contribution in [2.45, 2.75) is 19.4 Å². The third-order valence-electron chi connectivity index (χ3n) is 2.68. The van der Waals surface area contributed by atoms with Crippen molar-refractivity contribution in [3.8, 4) is 0 Å². The molecule has 0 aliphatic heterocycles. The summed E-state index contributed by atoms with van der Waals surface area (Å²) in [6, 6.07) is 10.8. The fourth-order valence-electron chi connectivity index (χ4n) is 1.65. The number of para-hydroxylation sites is 1. The third kappa shape index (κ3) is 4.78. The molecule has 0 fully saturated rings. The van der Waals surface area contributed by atoms with Crippen LogP contribution in [0.15, 0.2) is 30.3 Å². The first-order valence-corrected chi connectivity index (χ1v) is 8.22. The maximum absolute atomic E-state index is 5.77. The summed E-state index contributed by atoms with van der Waals surface area (Å²) in [6.45, 7) is 3.54. The van der Waals surface area contributed by atoms with E-state index in [2.05, 4.69) is 12.2 Å². The topological polar surface area (TPSA) is 39.7 Å². The second kappa shape index (κ2) is 8.26. The Kier molecular flexibility index (Phi) is 6.96. The van der Waals surface area contributed by atoms with Crippen LogP contribution in [-0.4, -0.2) is 36.2 Å². The molecule has 0 spiro atoms. The minimum Gasteiger partial charge on any atom is -0.385 e. The standard InChI is InChI=1S/C13H23NO3Si/c1-4-11-17-18(15-2,16-3)12-10-14-13-8-6-5-7-9-13/h5-9,14H,4,10-12H2,1-3H3. The summed E-state index contributed by atoms with van der Waals surface area (Å²) in [5, 5.41) is 3.34. The van der Waals surface area contributed by atoms with E-state index in [1.807, 2.05) is 30.3 Å². The van der Waals surface area contributed by atoms with Gasteiger partial charge in [-0.2, -0.15) is 0 Å². The van der Waals surface area contributed by atoms with Gasteiger partial charge in [0.15, 0.2) is 0 Å². The van der Waals surface area contributed by atoms with Gasteiger partial charge in [-0.15, -0.1) is 0 Å². The monoisotopic (exact) mass is 269 g/mol. The second-order valence-corrected chi connectivity index (χ2v) is 6.95. The zero-order valence-corrected chi connectivity index (χ0v) is 12.4. The van der Waals surface area contributed by atoms with Gasteiger partial charge in [0.2, 0.25) is 0 Å². The van der Waals surface area contributed by atoms with Crippen molar-refractivity contribution < 1.29 is 13.3 Å². The lowest BCUT2D eigenvalue weighted by Gasteiger charge is -2.26. The number of anilines is 1. The maximum Gasteiger partial charge on any atom is 0.502 e. The number of nitrogens with one attached hydrogen (secondary N) is 1. The Bertz CT molecular complexity index is 317. The van der Waals surface area contributed by atoms with Crippen LogP contribution in [0, 0.1) is 0 Å². The summed E-state index contributed by atoms with van der Waals surface area (Å²) in [5.74, 6) is 0. The fourth-order valence-corrected chi connectivity index (χ4v) is 3.55. The number of hydrogen-bond donors (Lipinski definition) is 1. The van der Waals surface area contributed by atoms with Crippen molar-refractivity contribution in [2.24, 2.45) is 0 Å². The predicted octanol–water partition coefficient (Wildman–Crippen LogP) is 2.76. The van der Waals surface area contributed by atoms with Gasteiger partial charge in [0.05, 0.1) is 0 Å². The van der Waals surface area contributed by atoms with Crippen LogP contribution in [0.25, 0.3) is 0 Å². The van der Waals surface area contributed by atoms with Crippen molar-refractivity contribution in [3.05, 3.63) is 30.3 Å². The van der Waals surface area contributed by atoms with Gasteiger partial charge in [0, 0.05) is 39.1 Å². The number of rotatable bonds is 9. The van der Waals surface area contributed by atoms with Gasteiger partial charge < -0.3 is 18.6 Å². The molecule has 4 nitrogen and oxygen atoms in total. The first kappa shape index (κ1) is 15.2. The molecule has 0 aliphatic carbocycles. The van der Waals surface area contributed by atoms with Crippen molar-refractivity contribution in [1.29, 1.82) is 0 Å². The number of hydrogen-bond acceptors (Lipinski definition) is 4. The van der Waals surface area contributed by atoms with E-state index in [1.54, 1.807) is 14.2 Å². The first-order valence-electron chi connectivity index (χ1n) is 6.29. The van der Waals surface area contributed by atoms with Crippen molar-refractivity contribution in [3.63, 3.8) is 0 Å². The van der Waals surface area contributed by atoms with E-state index in [0.29, 0.717) is 6.61 Å². The SMILES string of the molecule is CCCO[Si](CCNc1ccccc1)(OC)OC. The number of benzene rings is 1. The Labute approximate surface area is 111 Å². The summed E-state index contributed by atoms with van der Waals surface area (Å²) in [6.07, 6.45) is 0.966. The molecule has 0 aromatic heterocycles. The van der Waals surface area contributed by atoms with Gasteiger partial charge in [-0.3, -0.25) is 0 Å². The van der Waals surface area contributed by atoms with Crippen molar-refractivity contribution >= 4 is 14.5 Å². The normalized spacial score (nSPS) is 11.5. The molecule has 0 unspecified atom stereocenters. The first-order chi connectivity index (χ1) is 8.76. The van der Waals surface area contributed by atoms with E-state index < -0.39 is 8.80 Å². The van der Waals surface area contributed by atoms with Crippen LogP contribution < -0.4 is 5.32 Å². The van der Waals surface area contributed by atoms with E-state index in [1.165, 1.54) is 0 Å². The fraction of sp³-hybridized carbons (Fsp3) is 0.538. The average Bonchev–Trinajstić information content (AvgIpc) is 2.44. The van der Waals surface area contributed by atoms with E-state index >= 15 is 0 Å². The Morgan fingerprint density at radius 3 is 2.33 bits per heavy atom. The van der Waals surface area contributed by atoms with Gasteiger partial charge in [-0.1, -0.05) is 25.1 Å². The van der Waals surface area contributed by atoms with E-state index in [-0.39, 0.29) is 0 Å². The van der Waals surface area contributed by atoms with E-state index in [4.69, 9.17) is 13.3 Å². The molecule has 18 heavy (non-hydrogen) atoms. The molecule has 1 rings (SSSR count). The maximum atomic E-state index is 5.77. The molecular formula is C13H23NO3Si. The molecule has 0 atom stereocenters. The molecule has 0 saturated heterocycles. The summed E-state index contributed by atoms with van der Waals surface area (Å²) in [7, 11) is 0.840. The Morgan fingerprint density at radius 1 is 1.11 bits per heavy atom. The summed E-state index contributed by atoms with van der Waals surface area (Å²) in [5.41, 5.74) is 1.10. The molecule has 0 amide bonds.